The van der Waals surface area contributed by atoms with Gasteiger partial charge in [-0.3, -0.25) is 19.4 Å². The van der Waals surface area contributed by atoms with E-state index in [0.29, 0.717) is 23.7 Å². The Morgan fingerprint density at radius 2 is 1.86 bits per heavy atom. The van der Waals surface area contributed by atoms with Gasteiger partial charge in [0.2, 0.25) is 0 Å². The summed E-state index contributed by atoms with van der Waals surface area (Å²) in [5.41, 5.74) is 0.866. The van der Waals surface area contributed by atoms with E-state index in [4.69, 9.17) is 0 Å². The number of carbonyl (C=O) groups is 2. The van der Waals surface area contributed by atoms with Gasteiger partial charge in [-0.15, -0.1) is 0 Å². The molecule has 1 unspecified atom stereocenters. The summed E-state index contributed by atoms with van der Waals surface area (Å²) in [5.74, 6) is 1.51. The first-order valence-electron chi connectivity index (χ1n) is 7.53. The van der Waals surface area contributed by atoms with Crippen molar-refractivity contribution in [3.8, 4) is 0 Å². The summed E-state index contributed by atoms with van der Waals surface area (Å²) in [5, 5.41) is 10.3. The van der Waals surface area contributed by atoms with Gasteiger partial charge in [-0.2, -0.15) is 11.8 Å². The maximum Gasteiger partial charge on any atom is 0.261 e. The van der Waals surface area contributed by atoms with E-state index < -0.39 is 6.10 Å². The first-order chi connectivity index (χ1) is 10.6. The number of fused-ring (bicyclic) bond motifs is 1. The molecule has 1 fully saturated rings. The van der Waals surface area contributed by atoms with Gasteiger partial charge in [-0.1, -0.05) is 12.1 Å². The Morgan fingerprint density at radius 1 is 1.23 bits per heavy atom. The Hall–Kier alpha value is -1.37. The van der Waals surface area contributed by atoms with E-state index in [2.05, 4.69) is 11.8 Å². The number of amides is 2. The molecule has 0 spiro atoms. The lowest BCUT2D eigenvalue weighted by atomic mass is 10.1. The van der Waals surface area contributed by atoms with Gasteiger partial charge in [0, 0.05) is 30.6 Å². The molecule has 22 heavy (non-hydrogen) atoms. The van der Waals surface area contributed by atoms with Crippen molar-refractivity contribution in [2.24, 2.45) is 0 Å². The van der Waals surface area contributed by atoms with Crippen LogP contribution in [0.1, 0.15) is 27.6 Å². The number of β-amino-alcohol motifs (C(OH)–C–C–N with tert-alkyl or cyclic N) is 1. The van der Waals surface area contributed by atoms with Crippen molar-refractivity contribution in [3.05, 3.63) is 35.4 Å². The molecule has 0 radical (unpaired) electrons. The summed E-state index contributed by atoms with van der Waals surface area (Å²) in [6.45, 7) is 3.63. The summed E-state index contributed by atoms with van der Waals surface area (Å²) in [7, 11) is 0. The second kappa shape index (κ2) is 6.40. The highest BCUT2D eigenvalue weighted by molar-refractivity contribution is 7.99. The average Bonchev–Trinajstić information content (AvgIpc) is 2.75. The zero-order valence-electron chi connectivity index (χ0n) is 12.6. The summed E-state index contributed by atoms with van der Waals surface area (Å²) in [6.07, 6.45) is -0.715. The maximum absolute atomic E-state index is 12.3. The largest absolute Gasteiger partial charge is 0.390 e. The van der Waals surface area contributed by atoms with Crippen LogP contribution in [0.25, 0.3) is 0 Å². The lowest BCUT2D eigenvalue weighted by molar-refractivity contribution is 0.0449. The van der Waals surface area contributed by atoms with Crippen molar-refractivity contribution in [1.82, 2.24) is 9.80 Å². The Labute approximate surface area is 134 Å². The highest BCUT2D eigenvalue weighted by atomic mass is 32.2. The number of rotatable bonds is 4. The van der Waals surface area contributed by atoms with Gasteiger partial charge in [0.15, 0.2) is 0 Å². The number of aliphatic hydroxyl groups is 1. The van der Waals surface area contributed by atoms with Crippen LogP contribution in [-0.4, -0.2) is 70.0 Å². The van der Waals surface area contributed by atoms with E-state index in [9.17, 15) is 14.7 Å². The number of hydrogen-bond donors (Lipinski definition) is 1. The third-order valence-corrected chi connectivity index (χ3v) is 5.41. The Kier molecular flexibility index (Phi) is 4.52. The molecule has 0 saturated carbocycles. The summed E-state index contributed by atoms with van der Waals surface area (Å²) in [4.78, 5) is 27.9. The van der Waals surface area contributed by atoms with Gasteiger partial charge < -0.3 is 5.11 Å². The topological polar surface area (TPSA) is 60.9 Å². The molecule has 5 nitrogen and oxygen atoms in total. The Bertz CT molecular complexity index is 558. The minimum Gasteiger partial charge on any atom is -0.390 e. The molecule has 0 aliphatic carbocycles. The van der Waals surface area contributed by atoms with Crippen molar-refractivity contribution in [1.29, 1.82) is 0 Å². The van der Waals surface area contributed by atoms with E-state index >= 15 is 0 Å². The maximum atomic E-state index is 12.3. The lowest BCUT2D eigenvalue weighted by Crippen LogP contribution is -2.48. The fraction of sp³-hybridized carbons (Fsp3) is 0.500. The molecule has 118 valence electrons. The van der Waals surface area contributed by atoms with Crippen molar-refractivity contribution in [2.45, 2.75) is 19.1 Å². The van der Waals surface area contributed by atoms with Crippen LogP contribution < -0.4 is 0 Å². The van der Waals surface area contributed by atoms with Crippen molar-refractivity contribution < 1.29 is 14.7 Å². The summed E-state index contributed by atoms with van der Waals surface area (Å²) < 4.78 is 0. The van der Waals surface area contributed by atoms with Gasteiger partial charge in [0.1, 0.15) is 0 Å². The molecule has 2 aliphatic heterocycles. The van der Waals surface area contributed by atoms with Gasteiger partial charge in [-0.25, -0.2) is 0 Å². The highest BCUT2D eigenvalue weighted by Crippen LogP contribution is 2.23. The van der Waals surface area contributed by atoms with Crippen LogP contribution in [-0.2, 0) is 0 Å². The lowest BCUT2D eigenvalue weighted by Gasteiger charge is -2.34. The van der Waals surface area contributed by atoms with E-state index in [-0.39, 0.29) is 18.4 Å². The molecule has 0 aromatic heterocycles. The van der Waals surface area contributed by atoms with Crippen LogP contribution >= 0.6 is 11.8 Å². The average molecular weight is 320 g/mol. The molecule has 2 atom stereocenters. The first kappa shape index (κ1) is 15.5. The van der Waals surface area contributed by atoms with Crippen LogP contribution in [0, 0.1) is 0 Å². The van der Waals surface area contributed by atoms with Crippen molar-refractivity contribution in [3.63, 3.8) is 0 Å². The van der Waals surface area contributed by atoms with Gasteiger partial charge in [0.25, 0.3) is 11.8 Å². The number of benzene rings is 1. The summed E-state index contributed by atoms with van der Waals surface area (Å²) in [6, 6.07) is 7.22. The normalized spacial score (nSPS) is 23.7. The van der Waals surface area contributed by atoms with Crippen LogP contribution in [0.15, 0.2) is 24.3 Å². The van der Waals surface area contributed by atoms with E-state index in [0.717, 1.165) is 18.1 Å². The molecule has 1 saturated heterocycles. The molecule has 3 rings (SSSR count). The third-order valence-electron chi connectivity index (χ3n) is 4.22. The number of imide groups is 1. The second-order valence-electron chi connectivity index (χ2n) is 5.84. The zero-order valence-corrected chi connectivity index (χ0v) is 13.4. The van der Waals surface area contributed by atoms with Gasteiger partial charge >= 0.3 is 0 Å². The van der Waals surface area contributed by atoms with Crippen LogP contribution in [0.5, 0.6) is 0 Å². The van der Waals surface area contributed by atoms with E-state index in [1.165, 1.54) is 4.90 Å². The Morgan fingerprint density at radius 3 is 2.45 bits per heavy atom. The van der Waals surface area contributed by atoms with Gasteiger partial charge in [0.05, 0.1) is 23.8 Å². The zero-order chi connectivity index (χ0) is 15.7. The first-order valence-corrected chi connectivity index (χ1v) is 8.68. The monoisotopic (exact) mass is 320 g/mol. The van der Waals surface area contributed by atoms with Crippen LogP contribution in [0.4, 0.5) is 0 Å². The number of hydrogen-bond acceptors (Lipinski definition) is 5. The predicted octanol–water partition coefficient (Wildman–Crippen LogP) is 1.08. The number of aliphatic hydroxyl groups excluding tert-OH is 1. The fourth-order valence-electron chi connectivity index (χ4n) is 2.98. The van der Waals surface area contributed by atoms with Crippen LogP contribution in [0.3, 0.4) is 0 Å². The molecular weight excluding hydrogens is 300 g/mol. The van der Waals surface area contributed by atoms with Gasteiger partial charge in [-0.05, 0) is 19.1 Å². The van der Waals surface area contributed by atoms with Crippen molar-refractivity contribution >= 4 is 23.6 Å². The van der Waals surface area contributed by atoms with Crippen LogP contribution in [0.2, 0.25) is 0 Å². The minimum atomic E-state index is -0.715. The van der Waals surface area contributed by atoms with Crippen molar-refractivity contribution in [2.75, 3.05) is 31.1 Å². The van der Waals surface area contributed by atoms with E-state index in [1.807, 2.05) is 11.8 Å². The Balaban J connectivity index is 1.64. The number of thioether (sulfide) groups is 1. The molecule has 1 N–H and O–H groups in total. The molecule has 2 aliphatic rings. The predicted molar refractivity (Wildman–Crippen MR) is 86.2 cm³/mol. The SMILES string of the molecule is CC1CSCCN1C[C@@H](O)CN1C(=O)c2ccccc2C1=O. The quantitative estimate of drug-likeness (QED) is 0.841. The second-order valence-corrected chi connectivity index (χ2v) is 6.99. The highest BCUT2D eigenvalue weighted by Gasteiger charge is 2.36. The number of nitrogens with zero attached hydrogens (tertiary/aromatic N) is 2. The molecular formula is C16H20N2O3S. The third kappa shape index (κ3) is 2.91. The standard InChI is InChI=1S/C16H20N2O3S/c1-11-10-22-7-6-17(11)8-12(19)9-18-15(20)13-4-2-3-5-14(13)16(18)21/h2-5,11-12,19H,6-10H2,1H3/t11?,12-/m1/s1. The smallest absolute Gasteiger partial charge is 0.261 e. The number of carbonyl (C=O) groups excluding carboxylic acids is 2. The molecule has 1 aromatic rings. The fourth-order valence-corrected chi connectivity index (χ4v) is 4.06. The van der Waals surface area contributed by atoms with E-state index in [1.54, 1.807) is 24.3 Å². The molecule has 0 bridgehead atoms. The molecule has 1 aromatic carbocycles. The summed E-state index contributed by atoms with van der Waals surface area (Å²) >= 11 is 1.92. The molecule has 6 heteroatoms. The molecule has 2 amide bonds. The molecule has 2 heterocycles. The minimum absolute atomic E-state index is 0.0582.